The lowest BCUT2D eigenvalue weighted by molar-refractivity contribution is 0.103. The molecule has 0 bridgehead atoms. The lowest BCUT2D eigenvalue weighted by Crippen LogP contribution is -2.05. The van der Waals surface area contributed by atoms with Crippen molar-refractivity contribution in [2.75, 3.05) is 0 Å². The average Bonchev–Trinajstić information content (AvgIpc) is 2.57. The zero-order valence-corrected chi connectivity index (χ0v) is 11.0. The van der Waals surface area contributed by atoms with Gasteiger partial charge >= 0.3 is 0 Å². The Kier molecular flexibility index (Phi) is 3.15. The largest absolute Gasteiger partial charge is 0.466 e. The summed E-state index contributed by atoms with van der Waals surface area (Å²) in [4.78, 5) is 12.2. The summed E-state index contributed by atoms with van der Waals surface area (Å²) < 4.78 is 19.4. The molecule has 1 aromatic carbocycles. The van der Waals surface area contributed by atoms with E-state index in [4.69, 9.17) is 4.42 Å². The van der Waals surface area contributed by atoms with Crippen molar-refractivity contribution in [2.45, 2.75) is 13.8 Å². The van der Waals surface area contributed by atoms with Crippen molar-refractivity contribution in [3.05, 3.63) is 57.2 Å². The summed E-state index contributed by atoms with van der Waals surface area (Å²) in [7, 11) is 0. The molecule has 88 valence electrons. The second-order valence-corrected chi connectivity index (χ2v) is 4.61. The van der Waals surface area contributed by atoms with E-state index in [2.05, 4.69) is 15.9 Å². The van der Waals surface area contributed by atoms with Gasteiger partial charge in [-0.2, -0.15) is 0 Å². The van der Waals surface area contributed by atoms with Gasteiger partial charge in [0.15, 0.2) is 0 Å². The average molecular weight is 297 g/mol. The second-order valence-electron chi connectivity index (χ2n) is 3.75. The highest BCUT2D eigenvalue weighted by atomic mass is 79.9. The molecule has 0 fully saturated rings. The number of rotatable bonds is 2. The number of hydrogen-bond acceptors (Lipinski definition) is 2. The smallest absolute Gasteiger partial charge is 0.200 e. The zero-order valence-electron chi connectivity index (χ0n) is 9.38. The summed E-state index contributed by atoms with van der Waals surface area (Å²) in [6.07, 6.45) is 0. The van der Waals surface area contributed by atoms with Crippen molar-refractivity contribution in [3.63, 3.8) is 0 Å². The maximum absolute atomic E-state index is 13.6. The lowest BCUT2D eigenvalue weighted by Gasteiger charge is -2.03. The van der Waals surface area contributed by atoms with Crippen LogP contribution in [0.4, 0.5) is 4.39 Å². The number of halogens is 2. The molecule has 4 heteroatoms. The van der Waals surface area contributed by atoms with Crippen molar-refractivity contribution in [3.8, 4) is 0 Å². The van der Waals surface area contributed by atoms with Gasteiger partial charge in [-0.3, -0.25) is 4.79 Å². The molecule has 0 saturated carbocycles. The Bertz CT molecular complexity index is 567. The van der Waals surface area contributed by atoms with Crippen LogP contribution in [0.5, 0.6) is 0 Å². The van der Waals surface area contributed by atoms with Gasteiger partial charge in [0, 0.05) is 4.47 Å². The van der Waals surface area contributed by atoms with Gasteiger partial charge < -0.3 is 4.42 Å². The third-order valence-corrected chi connectivity index (χ3v) is 3.14. The summed E-state index contributed by atoms with van der Waals surface area (Å²) in [5.74, 6) is 0.230. The van der Waals surface area contributed by atoms with Crippen molar-refractivity contribution in [1.82, 2.24) is 0 Å². The zero-order chi connectivity index (χ0) is 12.6. The van der Waals surface area contributed by atoms with E-state index < -0.39 is 5.82 Å². The highest BCUT2D eigenvalue weighted by molar-refractivity contribution is 9.10. The Morgan fingerprint density at radius 2 is 2.06 bits per heavy atom. The molecular formula is C13H10BrFO2. The molecule has 0 aliphatic heterocycles. The quantitative estimate of drug-likeness (QED) is 0.783. The summed E-state index contributed by atoms with van der Waals surface area (Å²) >= 11 is 3.18. The summed E-state index contributed by atoms with van der Waals surface area (Å²) in [6.45, 7) is 3.44. The van der Waals surface area contributed by atoms with E-state index in [1.807, 2.05) is 0 Å². The Morgan fingerprint density at radius 1 is 1.35 bits per heavy atom. The van der Waals surface area contributed by atoms with Gasteiger partial charge in [0.1, 0.15) is 17.3 Å². The Morgan fingerprint density at radius 3 is 2.59 bits per heavy atom. The third-order valence-electron chi connectivity index (χ3n) is 2.48. The molecule has 2 rings (SSSR count). The standard InChI is InChI=1S/C13H10BrFO2/c1-7-6-9(8(2)17-7)13(16)12-10(14)4-3-5-11(12)15/h3-6H,1-2H3. The molecular weight excluding hydrogens is 287 g/mol. The van der Waals surface area contributed by atoms with Crippen molar-refractivity contribution in [1.29, 1.82) is 0 Å². The van der Waals surface area contributed by atoms with Crippen LogP contribution in [0.25, 0.3) is 0 Å². The molecule has 1 aromatic heterocycles. The lowest BCUT2D eigenvalue weighted by atomic mass is 10.0. The molecule has 0 unspecified atom stereocenters. The van der Waals surface area contributed by atoms with Crippen molar-refractivity contribution < 1.29 is 13.6 Å². The number of ketones is 1. The highest BCUT2D eigenvalue weighted by Gasteiger charge is 2.21. The van der Waals surface area contributed by atoms with Gasteiger partial charge in [-0.15, -0.1) is 0 Å². The van der Waals surface area contributed by atoms with Gasteiger partial charge in [-0.05, 0) is 48.0 Å². The molecule has 0 aliphatic rings. The normalized spacial score (nSPS) is 10.6. The van der Waals surface area contributed by atoms with Crippen molar-refractivity contribution >= 4 is 21.7 Å². The summed E-state index contributed by atoms with van der Waals surface area (Å²) in [6, 6.07) is 6.07. The van der Waals surface area contributed by atoms with Crippen LogP contribution >= 0.6 is 15.9 Å². The number of hydrogen-bond donors (Lipinski definition) is 0. The summed E-state index contributed by atoms with van der Waals surface area (Å²) in [5, 5.41) is 0. The molecule has 0 amide bonds. The molecule has 0 radical (unpaired) electrons. The minimum absolute atomic E-state index is 0.0383. The van der Waals surface area contributed by atoms with Crippen LogP contribution in [-0.4, -0.2) is 5.78 Å². The van der Waals surface area contributed by atoms with Crippen LogP contribution in [0.3, 0.4) is 0 Å². The maximum atomic E-state index is 13.6. The summed E-state index contributed by atoms with van der Waals surface area (Å²) in [5.41, 5.74) is 0.435. The Hall–Kier alpha value is -1.42. The minimum atomic E-state index is -0.539. The first kappa shape index (κ1) is 12.0. The SMILES string of the molecule is Cc1cc(C(=O)c2c(F)cccc2Br)c(C)o1. The predicted molar refractivity (Wildman–Crippen MR) is 65.7 cm³/mol. The number of benzene rings is 1. The molecule has 0 atom stereocenters. The Labute approximate surface area is 107 Å². The van der Waals surface area contributed by atoms with Gasteiger partial charge in [0.2, 0.25) is 5.78 Å². The predicted octanol–water partition coefficient (Wildman–Crippen LogP) is 4.03. The topological polar surface area (TPSA) is 30.2 Å². The fourth-order valence-electron chi connectivity index (χ4n) is 1.71. The van der Waals surface area contributed by atoms with Crippen LogP contribution in [-0.2, 0) is 0 Å². The first-order valence-electron chi connectivity index (χ1n) is 5.06. The molecule has 0 aliphatic carbocycles. The van der Waals surface area contributed by atoms with E-state index in [9.17, 15) is 9.18 Å². The fraction of sp³-hybridized carbons (Fsp3) is 0.154. The van der Waals surface area contributed by atoms with E-state index >= 15 is 0 Å². The highest BCUT2D eigenvalue weighted by Crippen LogP contribution is 2.25. The van der Waals surface area contributed by atoms with Gasteiger partial charge in [0.05, 0.1) is 11.1 Å². The Balaban J connectivity index is 2.55. The first-order valence-corrected chi connectivity index (χ1v) is 5.85. The molecule has 2 nitrogen and oxygen atoms in total. The molecule has 17 heavy (non-hydrogen) atoms. The number of carbonyl (C=O) groups is 1. The third kappa shape index (κ3) is 2.17. The van der Waals surface area contributed by atoms with Gasteiger partial charge in [-0.1, -0.05) is 6.07 Å². The number of carbonyl (C=O) groups excluding carboxylic acids is 1. The number of furan rings is 1. The van der Waals surface area contributed by atoms with Crippen LogP contribution in [0.1, 0.15) is 27.4 Å². The van der Waals surface area contributed by atoms with E-state index in [1.165, 1.54) is 6.07 Å². The molecule has 0 saturated heterocycles. The van der Waals surface area contributed by atoms with E-state index in [0.717, 1.165) is 0 Å². The minimum Gasteiger partial charge on any atom is -0.466 e. The fourth-order valence-corrected chi connectivity index (χ4v) is 2.23. The first-order chi connectivity index (χ1) is 8.00. The van der Waals surface area contributed by atoms with E-state index in [0.29, 0.717) is 21.6 Å². The molecule has 1 heterocycles. The van der Waals surface area contributed by atoms with E-state index in [-0.39, 0.29) is 11.3 Å². The van der Waals surface area contributed by atoms with Crippen LogP contribution in [0, 0.1) is 19.7 Å². The van der Waals surface area contributed by atoms with Crippen LogP contribution < -0.4 is 0 Å². The van der Waals surface area contributed by atoms with E-state index in [1.54, 1.807) is 32.0 Å². The molecule has 0 spiro atoms. The number of aryl methyl sites for hydroxylation is 2. The maximum Gasteiger partial charge on any atom is 0.200 e. The molecule has 0 N–H and O–H groups in total. The van der Waals surface area contributed by atoms with Gasteiger partial charge in [-0.25, -0.2) is 4.39 Å². The van der Waals surface area contributed by atoms with Crippen molar-refractivity contribution in [2.24, 2.45) is 0 Å². The van der Waals surface area contributed by atoms with Gasteiger partial charge in [0.25, 0.3) is 0 Å². The van der Waals surface area contributed by atoms with Crippen LogP contribution in [0.2, 0.25) is 0 Å². The second kappa shape index (κ2) is 4.45. The van der Waals surface area contributed by atoms with Crippen LogP contribution in [0.15, 0.2) is 33.2 Å². The monoisotopic (exact) mass is 296 g/mol. The molecule has 2 aromatic rings.